The van der Waals surface area contributed by atoms with Crippen molar-refractivity contribution in [3.8, 4) is 5.75 Å². The minimum atomic E-state index is -0.194. The van der Waals surface area contributed by atoms with E-state index in [4.69, 9.17) is 15.2 Å². The van der Waals surface area contributed by atoms with Gasteiger partial charge in [0.25, 0.3) is 0 Å². The van der Waals surface area contributed by atoms with Crippen molar-refractivity contribution in [3.63, 3.8) is 0 Å². The number of aryl methyl sites for hydroxylation is 1. The lowest BCUT2D eigenvalue weighted by atomic mass is 9.56. The van der Waals surface area contributed by atoms with E-state index in [1.54, 1.807) is 0 Å². The Kier molecular flexibility index (Phi) is 5.04. The maximum Gasteiger partial charge on any atom is 0.223 e. The second-order valence-corrected chi connectivity index (χ2v) is 9.05. The fraction of sp³-hybridized carbons (Fsp3) is 0.667. The molecule has 0 bridgehead atoms. The zero-order chi connectivity index (χ0) is 18.3. The van der Waals surface area contributed by atoms with E-state index < -0.39 is 0 Å². The molecule has 2 aliphatic carbocycles. The molecule has 142 valence electrons. The first kappa shape index (κ1) is 18.3. The van der Waals surface area contributed by atoms with Crippen LogP contribution >= 0.6 is 15.9 Å². The normalized spacial score (nSPS) is 35.3. The van der Waals surface area contributed by atoms with Gasteiger partial charge < -0.3 is 15.2 Å². The molecule has 1 aromatic rings. The van der Waals surface area contributed by atoms with E-state index in [0.717, 1.165) is 49.8 Å². The highest BCUT2D eigenvalue weighted by Gasteiger charge is 2.57. The average Bonchev–Trinajstić information content (AvgIpc) is 2.99. The number of hydrogen-bond acceptors (Lipinski definition) is 3. The Morgan fingerprint density at radius 1 is 1.42 bits per heavy atom. The predicted molar refractivity (Wildman–Crippen MR) is 105 cm³/mol. The summed E-state index contributed by atoms with van der Waals surface area (Å²) in [4.78, 5) is 12.0. The van der Waals surface area contributed by atoms with Gasteiger partial charge in [0.1, 0.15) is 5.75 Å². The summed E-state index contributed by atoms with van der Waals surface area (Å²) < 4.78 is 12.0. The first-order valence-electron chi connectivity index (χ1n) is 9.78. The summed E-state index contributed by atoms with van der Waals surface area (Å²) >= 11 is 3.44. The van der Waals surface area contributed by atoms with Gasteiger partial charge in [-0.1, -0.05) is 22.0 Å². The van der Waals surface area contributed by atoms with Gasteiger partial charge in [0, 0.05) is 11.2 Å². The van der Waals surface area contributed by atoms with Gasteiger partial charge in [-0.15, -0.1) is 0 Å². The Hall–Kier alpha value is -1.07. The molecule has 5 atom stereocenters. The standard InChI is InChI=1S/C21H28BrNO3/c1-21-8-7-16-15-6-4-14(25-10-2-9-22)11-13(15)3-5-17(16)19(21)18(12-26-21)20(23)24/h4,6,11,16-19H,2-3,5,7-10,12H2,1H3,(H2,23,24)/t16-,17-,18+,19-,21+/m1/s1. The molecule has 26 heavy (non-hydrogen) atoms. The number of hydrogen-bond donors (Lipinski definition) is 1. The van der Waals surface area contributed by atoms with E-state index in [1.807, 2.05) is 0 Å². The number of halogens is 1. The van der Waals surface area contributed by atoms with Crippen molar-refractivity contribution in [3.05, 3.63) is 29.3 Å². The van der Waals surface area contributed by atoms with Gasteiger partial charge in [0.05, 0.1) is 24.7 Å². The van der Waals surface area contributed by atoms with Crippen molar-refractivity contribution in [2.45, 2.75) is 50.5 Å². The molecule has 2 N–H and O–H groups in total. The number of fused-ring (bicyclic) bond motifs is 5. The first-order valence-corrected chi connectivity index (χ1v) is 10.9. The van der Waals surface area contributed by atoms with Crippen LogP contribution in [0.5, 0.6) is 5.75 Å². The van der Waals surface area contributed by atoms with Crippen molar-refractivity contribution >= 4 is 21.8 Å². The number of amides is 1. The van der Waals surface area contributed by atoms with E-state index in [1.165, 1.54) is 11.1 Å². The minimum Gasteiger partial charge on any atom is -0.494 e. The van der Waals surface area contributed by atoms with Crippen molar-refractivity contribution < 1.29 is 14.3 Å². The number of carbonyl (C=O) groups is 1. The summed E-state index contributed by atoms with van der Waals surface area (Å²) in [6.07, 6.45) is 5.29. The van der Waals surface area contributed by atoms with Gasteiger partial charge in [-0.25, -0.2) is 0 Å². The number of benzene rings is 1. The number of carbonyl (C=O) groups excluding carboxylic acids is 1. The number of ether oxygens (including phenoxy) is 2. The summed E-state index contributed by atoms with van der Waals surface area (Å²) in [5, 5.41) is 0.963. The Bertz CT molecular complexity index is 694. The number of alkyl halides is 1. The monoisotopic (exact) mass is 421 g/mol. The Morgan fingerprint density at radius 2 is 2.27 bits per heavy atom. The third-order valence-electron chi connectivity index (χ3n) is 6.83. The highest BCUT2D eigenvalue weighted by atomic mass is 79.9. The van der Waals surface area contributed by atoms with Crippen LogP contribution in [0, 0.1) is 17.8 Å². The molecule has 1 heterocycles. The molecule has 1 saturated carbocycles. The Labute approximate surface area is 163 Å². The summed E-state index contributed by atoms with van der Waals surface area (Å²) in [7, 11) is 0. The molecule has 0 aromatic heterocycles. The molecular formula is C21H28BrNO3. The van der Waals surface area contributed by atoms with Gasteiger partial charge >= 0.3 is 0 Å². The van der Waals surface area contributed by atoms with Crippen LogP contribution in [0.4, 0.5) is 0 Å². The van der Waals surface area contributed by atoms with E-state index in [-0.39, 0.29) is 23.3 Å². The van der Waals surface area contributed by atoms with Crippen LogP contribution in [0.15, 0.2) is 18.2 Å². The molecule has 0 spiro atoms. The lowest BCUT2D eigenvalue weighted by Gasteiger charge is -2.49. The van der Waals surface area contributed by atoms with Gasteiger partial charge in [-0.3, -0.25) is 4.79 Å². The van der Waals surface area contributed by atoms with Gasteiger partial charge in [0.2, 0.25) is 5.91 Å². The van der Waals surface area contributed by atoms with Crippen molar-refractivity contribution in [1.29, 1.82) is 0 Å². The molecule has 1 amide bonds. The molecule has 1 aliphatic heterocycles. The van der Waals surface area contributed by atoms with Gasteiger partial charge in [-0.2, -0.15) is 0 Å². The summed E-state index contributed by atoms with van der Waals surface area (Å²) in [5.41, 5.74) is 8.40. The van der Waals surface area contributed by atoms with Gasteiger partial charge in [0.15, 0.2) is 0 Å². The molecule has 1 aromatic carbocycles. The second-order valence-electron chi connectivity index (χ2n) is 8.26. The first-order chi connectivity index (χ1) is 12.5. The minimum absolute atomic E-state index is 0.138. The number of primary amides is 1. The van der Waals surface area contributed by atoms with Crippen LogP contribution in [0.25, 0.3) is 0 Å². The topological polar surface area (TPSA) is 61.5 Å². The van der Waals surface area contributed by atoms with Gasteiger partial charge in [-0.05, 0) is 74.1 Å². The van der Waals surface area contributed by atoms with Crippen LogP contribution < -0.4 is 10.5 Å². The van der Waals surface area contributed by atoms with E-state index in [9.17, 15) is 4.79 Å². The zero-order valence-electron chi connectivity index (χ0n) is 15.4. The molecule has 4 rings (SSSR count). The van der Waals surface area contributed by atoms with Crippen LogP contribution in [0.1, 0.15) is 49.7 Å². The quantitative estimate of drug-likeness (QED) is 0.580. The Balaban J connectivity index is 1.58. The summed E-state index contributed by atoms with van der Waals surface area (Å²) in [5.74, 6) is 1.89. The largest absolute Gasteiger partial charge is 0.494 e. The molecule has 5 heteroatoms. The molecule has 0 unspecified atom stereocenters. The molecule has 3 aliphatic rings. The average molecular weight is 422 g/mol. The highest BCUT2D eigenvalue weighted by Crippen LogP contribution is 2.57. The van der Waals surface area contributed by atoms with Crippen LogP contribution in [-0.4, -0.2) is 30.1 Å². The third kappa shape index (κ3) is 3.07. The Morgan fingerprint density at radius 3 is 3.04 bits per heavy atom. The molecular weight excluding hydrogens is 394 g/mol. The second kappa shape index (κ2) is 7.16. The maximum absolute atomic E-state index is 12.0. The lowest BCUT2D eigenvalue weighted by molar-refractivity contribution is -0.124. The van der Waals surface area contributed by atoms with Crippen LogP contribution in [0.2, 0.25) is 0 Å². The van der Waals surface area contributed by atoms with Crippen LogP contribution in [-0.2, 0) is 16.0 Å². The molecule has 2 fully saturated rings. The summed E-state index contributed by atoms with van der Waals surface area (Å²) in [6, 6.07) is 6.59. The van der Waals surface area contributed by atoms with Crippen molar-refractivity contribution in [2.24, 2.45) is 23.5 Å². The maximum atomic E-state index is 12.0. The SMILES string of the molecule is C[C@]12CC[C@@H]3c4ccc(OCCCBr)cc4CC[C@H]3[C@@H]1[C@@H](C(N)=O)CO2. The number of rotatable bonds is 5. The predicted octanol–water partition coefficient (Wildman–Crippen LogP) is 3.80. The van der Waals surface area contributed by atoms with Crippen molar-refractivity contribution in [1.82, 2.24) is 0 Å². The van der Waals surface area contributed by atoms with Crippen molar-refractivity contribution in [2.75, 3.05) is 18.5 Å². The number of nitrogens with two attached hydrogens (primary N) is 1. The highest BCUT2D eigenvalue weighted by molar-refractivity contribution is 9.09. The summed E-state index contributed by atoms with van der Waals surface area (Å²) in [6.45, 7) is 3.42. The fourth-order valence-electron chi connectivity index (χ4n) is 5.65. The molecule has 1 saturated heterocycles. The molecule has 4 nitrogen and oxygen atoms in total. The third-order valence-corrected chi connectivity index (χ3v) is 7.39. The van der Waals surface area contributed by atoms with E-state index in [2.05, 4.69) is 41.1 Å². The smallest absolute Gasteiger partial charge is 0.223 e. The fourth-order valence-corrected chi connectivity index (χ4v) is 5.87. The molecule has 0 radical (unpaired) electrons. The van der Waals surface area contributed by atoms with Crippen LogP contribution in [0.3, 0.4) is 0 Å². The lowest BCUT2D eigenvalue weighted by Crippen LogP contribution is -2.48. The van der Waals surface area contributed by atoms with E-state index in [0.29, 0.717) is 18.4 Å². The van der Waals surface area contributed by atoms with E-state index >= 15 is 0 Å². The zero-order valence-corrected chi connectivity index (χ0v) is 17.0.